The SMILES string of the molecule is COc1cccc(S(=O)(=O)Nc2cccc(COc3cncc(C(N)=O)c3)c2)c1. The standard InChI is InChI=1S/C20H19N3O5S/c1-27-17-6-3-7-19(10-17)29(25,26)23-16-5-2-4-14(8-16)13-28-18-9-15(20(21)24)11-22-12-18/h2-12,23H,13H2,1H3,(H2,21,24). The minimum absolute atomic E-state index is 0.0906. The third kappa shape index (κ3) is 5.23. The molecule has 0 aliphatic heterocycles. The Labute approximate surface area is 168 Å². The van der Waals surface area contributed by atoms with E-state index in [1.54, 1.807) is 36.4 Å². The monoisotopic (exact) mass is 413 g/mol. The predicted octanol–water partition coefficient (Wildman–Crippen LogP) is 2.57. The number of pyridine rings is 1. The number of primary amides is 1. The molecule has 1 amide bonds. The molecule has 3 aromatic rings. The zero-order valence-corrected chi connectivity index (χ0v) is 16.3. The van der Waals surface area contributed by atoms with E-state index in [1.807, 2.05) is 0 Å². The van der Waals surface area contributed by atoms with Gasteiger partial charge in [-0.3, -0.25) is 14.5 Å². The highest BCUT2D eigenvalue weighted by Gasteiger charge is 2.15. The number of hydrogen-bond acceptors (Lipinski definition) is 6. The lowest BCUT2D eigenvalue weighted by molar-refractivity contribution is 0.0999. The Kier molecular flexibility index (Phi) is 5.99. The molecule has 1 heterocycles. The molecule has 0 bridgehead atoms. The molecule has 0 spiro atoms. The Morgan fingerprint density at radius 2 is 1.86 bits per heavy atom. The van der Waals surface area contributed by atoms with Crippen LogP contribution in [-0.4, -0.2) is 26.4 Å². The van der Waals surface area contributed by atoms with E-state index in [2.05, 4.69) is 9.71 Å². The average molecular weight is 413 g/mol. The van der Waals surface area contributed by atoms with E-state index in [0.717, 1.165) is 5.56 Å². The first-order valence-corrected chi connectivity index (χ1v) is 9.99. The number of carbonyl (C=O) groups is 1. The van der Waals surface area contributed by atoms with Gasteiger partial charge in [0.25, 0.3) is 10.0 Å². The van der Waals surface area contributed by atoms with Crippen LogP contribution >= 0.6 is 0 Å². The Morgan fingerprint density at radius 3 is 2.62 bits per heavy atom. The van der Waals surface area contributed by atoms with Gasteiger partial charge in [0.1, 0.15) is 18.1 Å². The molecule has 0 aliphatic rings. The number of amides is 1. The number of rotatable bonds is 8. The molecule has 29 heavy (non-hydrogen) atoms. The van der Waals surface area contributed by atoms with Crippen molar-refractivity contribution in [3.63, 3.8) is 0 Å². The van der Waals surface area contributed by atoms with E-state index >= 15 is 0 Å². The summed E-state index contributed by atoms with van der Waals surface area (Å²) in [5.41, 5.74) is 6.57. The van der Waals surface area contributed by atoms with Gasteiger partial charge in [-0.1, -0.05) is 18.2 Å². The van der Waals surface area contributed by atoms with Crippen LogP contribution in [0.4, 0.5) is 5.69 Å². The predicted molar refractivity (Wildman–Crippen MR) is 107 cm³/mol. The highest BCUT2D eigenvalue weighted by molar-refractivity contribution is 7.92. The van der Waals surface area contributed by atoms with Gasteiger partial charge in [-0.25, -0.2) is 8.42 Å². The Morgan fingerprint density at radius 1 is 1.07 bits per heavy atom. The zero-order chi connectivity index (χ0) is 20.9. The number of hydrogen-bond donors (Lipinski definition) is 2. The molecule has 3 rings (SSSR count). The first-order valence-electron chi connectivity index (χ1n) is 8.51. The number of carbonyl (C=O) groups excluding carboxylic acids is 1. The van der Waals surface area contributed by atoms with Crippen LogP contribution < -0.4 is 19.9 Å². The van der Waals surface area contributed by atoms with E-state index < -0.39 is 15.9 Å². The molecular weight excluding hydrogens is 394 g/mol. The van der Waals surface area contributed by atoms with Gasteiger partial charge in [0.15, 0.2) is 0 Å². The summed E-state index contributed by atoms with van der Waals surface area (Å²) in [6.45, 7) is 0.151. The Bertz CT molecular complexity index is 1130. The number of benzene rings is 2. The topological polar surface area (TPSA) is 121 Å². The maximum absolute atomic E-state index is 12.6. The molecule has 3 N–H and O–H groups in total. The van der Waals surface area contributed by atoms with Gasteiger partial charge in [0.2, 0.25) is 5.91 Å². The van der Waals surface area contributed by atoms with E-state index in [-0.39, 0.29) is 17.1 Å². The number of nitrogens with zero attached hydrogens (tertiary/aromatic N) is 1. The maximum atomic E-state index is 12.6. The molecule has 0 radical (unpaired) electrons. The van der Waals surface area contributed by atoms with Crippen LogP contribution in [0.2, 0.25) is 0 Å². The fraction of sp³-hybridized carbons (Fsp3) is 0.100. The second-order valence-electron chi connectivity index (χ2n) is 6.05. The molecule has 0 fully saturated rings. The second-order valence-corrected chi connectivity index (χ2v) is 7.73. The highest BCUT2D eigenvalue weighted by Crippen LogP contribution is 2.21. The lowest BCUT2D eigenvalue weighted by Crippen LogP contribution is -2.13. The van der Waals surface area contributed by atoms with Gasteiger partial charge in [-0.15, -0.1) is 0 Å². The van der Waals surface area contributed by atoms with Crippen molar-refractivity contribution in [2.75, 3.05) is 11.8 Å². The number of anilines is 1. The summed E-state index contributed by atoms with van der Waals surface area (Å²) < 4.78 is 38.5. The molecule has 9 heteroatoms. The van der Waals surface area contributed by atoms with Crippen molar-refractivity contribution in [1.29, 1.82) is 0 Å². The van der Waals surface area contributed by atoms with Crippen molar-refractivity contribution in [3.8, 4) is 11.5 Å². The van der Waals surface area contributed by atoms with Crippen molar-refractivity contribution in [2.45, 2.75) is 11.5 Å². The first kappa shape index (κ1) is 20.2. The van der Waals surface area contributed by atoms with E-state index in [9.17, 15) is 13.2 Å². The maximum Gasteiger partial charge on any atom is 0.262 e. The summed E-state index contributed by atoms with van der Waals surface area (Å²) in [4.78, 5) is 15.2. The molecule has 1 aromatic heterocycles. The fourth-order valence-electron chi connectivity index (χ4n) is 2.51. The molecule has 0 aliphatic carbocycles. The minimum atomic E-state index is -3.78. The lowest BCUT2D eigenvalue weighted by Gasteiger charge is -2.11. The normalized spacial score (nSPS) is 10.9. The average Bonchev–Trinajstić information content (AvgIpc) is 2.72. The van der Waals surface area contributed by atoms with Gasteiger partial charge in [0.05, 0.1) is 23.8 Å². The fourth-order valence-corrected chi connectivity index (χ4v) is 3.59. The first-order chi connectivity index (χ1) is 13.9. The smallest absolute Gasteiger partial charge is 0.262 e. The van der Waals surface area contributed by atoms with Crippen LogP contribution in [0.5, 0.6) is 11.5 Å². The van der Waals surface area contributed by atoms with E-state index in [4.69, 9.17) is 15.2 Å². The van der Waals surface area contributed by atoms with Crippen LogP contribution in [0.25, 0.3) is 0 Å². The van der Waals surface area contributed by atoms with Crippen molar-refractivity contribution < 1.29 is 22.7 Å². The summed E-state index contributed by atoms with van der Waals surface area (Å²) in [7, 11) is -2.31. The largest absolute Gasteiger partial charge is 0.497 e. The molecule has 0 unspecified atom stereocenters. The van der Waals surface area contributed by atoms with Crippen LogP contribution in [0.3, 0.4) is 0 Å². The van der Waals surface area contributed by atoms with Gasteiger partial charge in [0, 0.05) is 18.0 Å². The van der Waals surface area contributed by atoms with Gasteiger partial charge < -0.3 is 15.2 Å². The van der Waals surface area contributed by atoms with Crippen molar-refractivity contribution in [3.05, 3.63) is 78.1 Å². The number of nitrogens with one attached hydrogen (secondary N) is 1. The van der Waals surface area contributed by atoms with Crippen LogP contribution in [-0.2, 0) is 16.6 Å². The highest BCUT2D eigenvalue weighted by atomic mass is 32.2. The quantitative estimate of drug-likeness (QED) is 0.585. The van der Waals surface area contributed by atoms with E-state index in [1.165, 1.54) is 37.7 Å². The summed E-state index contributed by atoms with van der Waals surface area (Å²) >= 11 is 0. The van der Waals surface area contributed by atoms with Crippen molar-refractivity contribution >= 4 is 21.6 Å². The summed E-state index contributed by atoms with van der Waals surface area (Å²) in [6.07, 6.45) is 2.81. The minimum Gasteiger partial charge on any atom is -0.497 e. The van der Waals surface area contributed by atoms with Gasteiger partial charge in [-0.2, -0.15) is 0 Å². The third-order valence-corrected chi connectivity index (χ3v) is 5.31. The van der Waals surface area contributed by atoms with Crippen molar-refractivity contribution in [1.82, 2.24) is 4.98 Å². The third-order valence-electron chi connectivity index (χ3n) is 3.93. The summed E-state index contributed by atoms with van der Waals surface area (Å²) in [5, 5.41) is 0. The van der Waals surface area contributed by atoms with Crippen molar-refractivity contribution in [2.24, 2.45) is 5.73 Å². The van der Waals surface area contributed by atoms with Gasteiger partial charge >= 0.3 is 0 Å². The Balaban J connectivity index is 1.72. The zero-order valence-electron chi connectivity index (χ0n) is 15.5. The van der Waals surface area contributed by atoms with Crippen LogP contribution in [0.1, 0.15) is 15.9 Å². The molecule has 0 saturated carbocycles. The van der Waals surface area contributed by atoms with E-state index in [0.29, 0.717) is 17.2 Å². The molecule has 8 nitrogen and oxygen atoms in total. The molecule has 0 atom stereocenters. The van der Waals surface area contributed by atoms with Crippen LogP contribution in [0.15, 0.2) is 71.9 Å². The summed E-state index contributed by atoms with van der Waals surface area (Å²) in [5.74, 6) is 0.224. The number of sulfonamides is 1. The number of nitrogens with two attached hydrogens (primary N) is 1. The second kappa shape index (κ2) is 8.61. The molecule has 0 saturated heterocycles. The van der Waals surface area contributed by atoms with Gasteiger partial charge in [-0.05, 0) is 35.9 Å². The van der Waals surface area contributed by atoms with Crippen LogP contribution in [0, 0.1) is 0 Å². The lowest BCUT2D eigenvalue weighted by atomic mass is 10.2. The number of aromatic nitrogens is 1. The molecular formula is C20H19N3O5S. The molecule has 2 aromatic carbocycles. The number of methoxy groups -OCH3 is 1. The summed E-state index contributed by atoms with van der Waals surface area (Å²) in [6, 6.07) is 14.5. The molecule has 150 valence electrons. The number of ether oxygens (including phenoxy) is 2. The Hall–Kier alpha value is -3.59.